The van der Waals surface area contributed by atoms with E-state index >= 15 is 0 Å². The predicted molar refractivity (Wildman–Crippen MR) is 215 cm³/mol. The van der Waals surface area contributed by atoms with E-state index in [9.17, 15) is 0 Å². The van der Waals surface area contributed by atoms with Crippen molar-refractivity contribution in [1.29, 1.82) is 0 Å². The molecule has 0 bridgehead atoms. The van der Waals surface area contributed by atoms with Crippen LogP contribution in [0.3, 0.4) is 0 Å². The van der Waals surface area contributed by atoms with E-state index in [1.54, 1.807) is 0 Å². The van der Waals surface area contributed by atoms with Gasteiger partial charge in [0.1, 0.15) is 0 Å². The second-order valence-electron chi connectivity index (χ2n) is 13.1. The van der Waals surface area contributed by atoms with Gasteiger partial charge in [0, 0.05) is 80.1 Å². The molecular formula is C45H28N4S2. The summed E-state index contributed by atoms with van der Waals surface area (Å²) in [5.41, 5.74) is 6.73. The zero-order valence-corrected chi connectivity index (χ0v) is 29.0. The Balaban J connectivity index is 1.19. The highest BCUT2D eigenvalue weighted by Gasteiger charge is 2.30. The van der Waals surface area contributed by atoms with Crippen molar-refractivity contribution in [3.63, 3.8) is 0 Å². The van der Waals surface area contributed by atoms with Crippen LogP contribution in [-0.2, 0) is 6.42 Å². The van der Waals surface area contributed by atoms with Crippen molar-refractivity contribution in [2.24, 2.45) is 0 Å². The molecule has 4 aromatic heterocycles. The van der Waals surface area contributed by atoms with Gasteiger partial charge in [-0.2, -0.15) is 0 Å². The lowest BCUT2D eigenvalue weighted by molar-refractivity contribution is 0.639. The number of thiophene rings is 2. The van der Waals surface area contributed by atoms with Crippen molar-refractivity contribution in [1.82, 2.24) is 19.5 Å². The van der Waals surface area contributed by atoms with Gasteiger partial charge in [-0.05, 0) is 36.4 Å². The van der Waals surface area contributed by atoms with Gasteiger partial charge in [-0.15, -0.1) is 22.7 Å². The molecular weight excluding hydrogens is 661 g/mol. The van der Waals surface area contributed by atoms with Gasteiger partial charge in [0.15, 0.2) is 17.5 Å². The Morgan fingerprint density at radius 3 is 1.78 bits per heavy atom. The molecule has 240 valence electrons. The maximum atomic E-state index is 5.25. The Morgan fingerprint density at radius 1 is 0.471 bits per heavy atom. The number of hydrogen-bond acceptors (Lipinski definition) is 5. The van der Waals surface area contributed by atoms with Crippen LogP contribution in [0.15, 0.2) is 152 Å². The smallest absolute Gasteiger partial charge is 0.164 e. The summed E-state index contributed by atoms with van der Waals surface area (Å²) in [6, 6.07) is 51.8. The minimum Gasteiger partial charge on any atom is -0.333 e. The van der Waals surface area contributed by atoms with E-state index in [0.29, 0.717) is 17.5 Å². The van der Waals surface area contributed by atoms with Crippen LogP contribution >= 0.6 is 22.7 Å². The standard InChI is InChI=1S/C45H28N4S2/c1-3-13-27(14-4-1)43-46-44(28-15-5-2-6-16-28)48-45(47-43)35-23-29(24-41-42(35)32-19-9-12-22-39(32)51-41)49-36-20-10-7-17-30(36)33-25-34-31-18-8-11-21-38(31)50-40(34)26-37(33)49/h1-23,25-26,29H,24H2. The molecule has 10 aromatic rings. The molecule has 11 rings (SSSR count). The lowest BCUT2D eigenvalue weighted by Gasteiger charge is -2.25. The Kier molecular flexibility index (Phi) is 6.38. The first-order valence-electron chi connectivity index (χ1n) is 17.2. The molecule has 4 nitrogen and oxygen atoms in total. The topological polar surface area (TPSA) is 43.6 Å². The molecule has 0 fully saturated rings. The van der Waals surface area contributed by atoms with E-state index in [1.807, 2.05) is 59.1 Å². The highest BCUT2D eigenvalue weighted by Crippen LogP contribution is 2.47. The number of rotatable bonds is 4. The normalized spacial score (nSPS) is 14.5. The second-order valence-corrected chi connectivity index (χ2v) is 15.4. The quantitative estimate of drug-likeness (QED) is 0.185. The van der Waals surface area contributed by atoms with Crippen molar-refractivity contribution in [2.75, 3.05) is 0 Å². The van der Waals surface area contributed by atoms with E-state index in [0.717, 1.165) is 23.1 Å². The lowest BCUT2D eigenvalue weighted by Crippen LogP contribution is -2.15. The van der Waals surface area contributed by atoms with Gasteiger partial charge >= 0.3 is 0 Å². The maximum Gasteiger partial charge on any atom is 0.164 e. The molecule has 1 aliphatic carbocycles. The second kappa shape index (κ2) is 11.3. The summed E-state index contributed by atoms with van der Waals surface area (Å²) in [7, 11) is 0. The first kappa shape index (κ1) is 28.8. The largest absolute Gasteiger partial charge is 0.333 e. The molecule has 51 heavy (non-hydrogen) atoms. The third-order valence-electron chi connectivity index (χ3n) is 10.2. The molecule has 0 saturated carbocycles. The minimum atomic E-state index is 0.0481. The number of para-hydroxylation sites is 1. The van der Waals surface area contributed by atoms with Gasteiger partial charge in [0.2, 0.25) is 0 Å². The summed E-state index contributed by atoms with van der Waals surface area (Å²) in [6.45, 7) is 0. The first-order valence-corrected chi connectivity index (χ1v) is 18.8. The molecule has 0 saturated heterocycles. The molecule has 6 heteroatoms. The lowest BCUT2D eigenvalue weighted by atomic mass is 9.91. The summed E-state index contributed by atoms with van der Waals surface area (Å²) in [5.74, 6) is 2.05. The highest BCUT2D eigenvalue weighted by molar-refractivity contribution is 7.25. The summed E-state index contributed by atoms with van der Waals surface area (Å²) in [5, 5.41) is 6.46. The molecule has 0 amide bonds. The van der Waals surface area contributed by atoms with Crippen LogP contribution in [0.2, 0.25) is 0 Å². The number of hydrogen-bond donors (Lipinski definition) is 0. The van der Waals surface area contributed by atoms with E-state index in [-0.39, 0.29) is 6.04 Å². The van der Waals surface area contributed by atoms with Gasteiger partial charge < -0.3 is 4.57 Å². The van der Waals surface area contributed by atoms with Crippen molar-refractivity contribution in [2.45, 2.75) is 12.5 Å². The molecule has 6 aromatic carbocycles. The van der Waals surface area contributed by atoms with Crippen molar-refractivity contribution in [3.8, 4) is 22.8 Å². The summed E-state index contributed by atoms with van der Waals surface area (Å²) in [6.07, 6.45) is 3.32. The van der Waals surface area contributed by atoms with Crippen molar-refractivity contribution >= 4 is 80.3 Å². The Hall–Kier alpha value is -5.95. The van der Waals surface area contributed by atoms with Crippen LogP contribution in [0, 0.1) is 0 Å². The average Bonchev–Trinajstić information content (AvgIpc) is 3.86. The molecule has 0 N–H and O–H groups in total. The number of nitrogens with zero attached hydrogens (tertiary/aromatic N) is 4. The molecule has 0 aliphatic heterocycles. The van der Waals surface area contributed by atoms with E-state index < -0.39 is 0 Å². The van der Waals surface area contributed by atoms with E-state index in [2.05, 4.69) is 120 Å². The zero-order valence-electron chi connectivity index (χ0n) is 27.3. The van der Waals surface area contributed by atoms with Gasteiger partial charge in [-0.25, -0.2) is 15.0 Å². The van der Waals surface area contributed by atoms with E-state index in [4.69, 9.17) is 15.0 Å². The monoisotopic (exact) mass is 688 g/mol. The van der Waals surface area contributed by atoms with Crippen LogP contribution < -0.4 is 0 Å². The molecule has 1 unspecified atom stereocenters. The molecule has 0 spiro atoms. The third kappa shape index (κ3) is 4.54. The number of fused-ring (bicyclic) bond motifs is 9. The highest BCUT2D eigenvalue weighted by atomic mass is 32.1. The summed E-state index contributed by atoms with van der Waals surface area (Å²) >= 11 is 3.77. The van der Waals surface area contributed by atoms with Crippen molar-refractivity contribution < 1.29 is 0 Å². The van der Waals surface area contributed by atoms with Crippen LogP contribution in [0.25, 0.3) is 80.4 Å². The van der Waals surface area contributed by atoms with Gasteiger partial charge in [0.05, 0.1) is 11.6 Å². The number of allylic oxidation sites excluding steroid dienone is 1. The Labute approximate surface area is 301 Å². The fourth-order valence-corrected chi connectivity index (χ4v) is 10.3. The van der Waals surface area contributed by atoms with Crippen LogP contribution in [-0.4, -0.2) is 19.5 Å². The molecule has 4 heterocycles. The Morgan fingerprint density at radius 2 is 1.06 bits per heavy atom. The number of benzene rings is 6. The summed E-state index contributed by atoms with van der Waals surface area (Å²) in [4.78, 5) is 16.9. The van der Waals surface area contributed by atoms with Crippen LogP contribution in [0.1, 0.15) is 22.3 Å². The zero-order chi connectivity index (χ0) is 33.5. The van der Waals surface area contributed by atoms with Crippen LogP contribution in [0.5, 0.6) is 0 Å². The predicted octanol–water partition coefficient (Wildman–Crippen LogP) is 12.1. The maximum absolute atomic E-state index is 5.25. The fraction of sp³-hybridized carbons (Fsp3) is 0.0444. The number of aromatic nitrogens is 4. The minimum absolute atomic E-state index is 0.0481. The Bertz CT molecular complexity index is 2950. The summed E-state index contributed by atoms with van der Waals surface area (Å²) < 4.78 is 6.49. The van der Waals surface area contributed by atoms with Crippen molar-refractivity contribution in [3.05, 3.63) is 168 Å². The molecule has 1 aliphatic rings. The van der Waals surface area contributed by atoms with Gasteiger partial charge in [0.25, 0.3) is 0 Å². The average molecular weight is 689 g/mol. The first-order chi connectivity index (χ1) is 25.3. The van der Waals surface area contributed by atoms with Crippen LogP contribution in [0.4, 0.5) is 0 Å². The molecule has 0 radical (unpaired) electrons. The van der Waals surface area contributed by atoms with Gasteiger partial charge in [-0.1, -0.05) is 115 Å². The fourth-order valence-electron chi connectivity index (χ4n) is 7.92. The molecule has 1 atom stereocenters. The SMILES string of the molecule is C1=C(c2nc(-c3ccccc3)nc(-c3ccccc3)n2)c2c(sc3ccccc23)CC1n1c2ccccc2c2cc3c(cc21)sc1ccccc13. The van der Waals surface area contributed by atoms with E-state index in [1.165, 1.54) is 62.5 Å². The third-order valence-corrected chi connectivity index (χ3v) is 12.5. The van der Waals surface area contributed by atoms with Gasteiger partial charge in [-0.3, -0.25) is 0 Å².